The van der Waals surface area contributed by atoms with Gasteiger partial charge in [0.25, 0.3) is 0 Å². The van der Waals surface area contributed by atoms with Crippen molar-refractivity contribution >= 4 is 16.3 Å². The zero-order valence-electron chi connectivity index (χ0n) is 11.2. The summed E-state index contributed by atoms with van der Waals surface area (Å²) in [7, 11) is 0. The summed E-state index contributed by atoms with van der Waals surface area (Å²) in [6.45, 7) is 0. The first-order valence-electron chi connectivity index (χ1n) is 7.06. The molecule has 3 nitrogen and oxygen atoms in total. The summed E-state index contributed by atoms with van der Waals surface area (Å²) in [6.07, 6.45) is 7.47. The van der Waals surface area contributed by atoms with Crippen molar-refractivity contribution in [1.82, 2.24) is 9.38 Å². The van der Waals surface area contributed by atoms with Crippen LogP contribution in [0.5, 0.6) is 0 Å². The maximum atomic E-state index is 6.48. The molecule has 1 aromatic carbocycles. The predicted molar refractivity (Wildman–Crippen MR) is 82.0 cm³/mol. The van der Waals surface area contributed by atoms with Gasteiger partial charge >= 0.3 is 0 Å². The first kappa shape index (κ1) is 12.1. The van der Waals surface area contributed by atoms with Crippen molar-refractivity contribution in [1.29, 1.82) is 0 Å². The molecule has 0 bridgehead atoms. The first-order valence-corrected chi connectivity index (χ1v) is 7.94. The van der Waals surface area contributed by atoms with E-state index in [9.17, 15) is 0 Å². The Balaban J connectivity index is 1.59. The number of thiazole rings is 1. The third kappa shape index (κ3) is 1.96. The van der Waals surface area contributed by atoms with Crippen molar-refractivity contribution in [2.45, 2.75) is 25.3 Å². The standard InChI is InChI=1S/C16H17N3S/c17-15-12(6-5-11-3-1-2-4-14(11)15)9-13-10-19-7-8-20-16(19)18-13/h1-4,7-8,10,12,15H,5-6,9,17H2. The summed E-state index contributed by atoms with van der Waals surface area (Å²) < 4.78 is 2.10. The van der Waals surface area contributed by atoms with E-state index in [-0.39, 0.29) is 6.04 Å². The second kappa shape index (κ2) is 4.72. The minimum atomic E-state index is 0.139. The summed E-state index contributed by atoms with van der Waals surface area (Å²) in [5.74, 6) is 0.495. The Hall–Kier alpha value is -1.65. The summed E-state index contributed by atoms with van der Waals surface area (Å²) >= 11 is 1.68. The monoisotopic (exact) mass is 283 g/mol. The fourth-order valence-electron chi connectivity index (χ4n) is 3.23. The third-order valence-corrected chi connectivity index (χ3v) is 5.09. The van der Waals surface area contributed by atoms with Gasteiger partial charge in [-0.25, -0.2) is 4.98 Å². The van der Waals surface area contributed by atoms with Crippen LogP contribution in [-0.4, -0.2) is 9.38 Å². The van der Waals surface area contributed by atoms with Crippen molar-refractivity contribution in [3.05, 3.63) is 58.9 Å². The van der Waals surface area contributed by atoms with Crippen LogP contribution in [0.25, 0.3) is 4.96 Å². The molecule has 0 amide bonds. The third-order valence-electron chi connectivity index (χ3n) is 4.32. The molecule has 20 heavy (non-hydrogen) atoms. The van der Waals surface area contributed by atoms with E-state index in [0.29, 0.717) is 5.92 Å². The molecule has 3 aromatic rings. The lowest BCUT2D eigenvalue weighted by molar-refractivity contribution is 0.374. The topological polar surface area (TPSA) is 43.3 Å². The normalized spacial score (nSPS) is 22.1. The van der Waals surface area contributed by atoms with Crippen LogP contribution in [0.2, 0.25) is 0 Å². The zero-order valence-corrected chi connectivity index (χ0v) is 12.0. The molecule has 4 rings (SSSR count). The molecule has 2 atom stereocenters. The van der Waals surface area contributed by atoms with Crippen molar-refractivity contribution in [3.63, 3.8) is 0 Å². The molecular weight excluding hydrogens is 266 g/mol. The minimum absolute atomic E-state index is 0.139. The quantitative estimate of drug-likeness (QED) is 0.785. The number of hydrogen-bond acceptors (Lipinski definition) is 3. The molecule has 2 unspecified atom stereocenters. The maximum Gasteiger partial charge on any atom is 0.193 e. The van der Waals surface area contributed by atoms with Gasteiger partial charge in [-0.05, 0) is 36.3 Å². The van der Waals surface area contributed by atoms with E-state index in [1.54, 1.807) is 11.3 Å². The van der Waals surface area contributed by atoms with Gasteiger partial charge in [-0.1, -0.05) is 24.3 Å². The van der Waals surface area contributed by atoms with Gasteiger partial charge in [0.05, 0.1) is 5.69 Å². The molecule has 2 aromatic heterocycles. The molecule has 2 heterocycles. The zero-order chi connectivity index (χ0) is 13.5. The fourth-order valence-corrected chi connectivity index (χ4v) is 3.95. The Morgan fingerprint density at radius 2 is 2.25 bits per heavy atom. The predicted octanol–water partition coefficient (Wildman–Crippen LogP) is 3.20. The van der Waals surface area contributed by atoms with Gasteiger partial charge in [0.1, 0.15) is 0 Å². The number of rotatable bonds is 2. The van der Waals surface area contributed by atoms with Crippen LogP contribution in [0, 0.1) is 5.92 Å². The van der Waals surface area contributed by atoms with Gasteiger partial charge in [0.2, 0.25) is 0 Å². The molecule has 1 aliphatic carbocycles. The molecule has 0 saturated carbocycles. The average Bonchev–Trinajstić information content (AvgIpc) is 3.03. The molecule has 0 saturated heterocycles. The van der Waals surface area contributed by atoms with E-state index < -0.39 is 0 Å². The van der Waals surface area contributed by atoms with Crippen LogP contribution in [0.3, 0.4) is 0 Å². The van der Waals surface area contributed by atoms with Crippen LogP contribution >= 0.6 is 11.3 Å². The van der Waals surface area contributed by atoms with Crippen LogP contribution in [0.4, 0.5) is 0 Å². The fraction of sp³-hybridized carbons (Fsp3) is 0.312. The number of fused-ring (bicyclic) bond motifs is 2. The van der Waals surface area contributed by atoms with Crippen LogP contribution in [0.1, 0.15) is 29.3 Å². The molecule has 1 aliphatic rings. The van der Waals surface area contributed by atoms with Gasteiger partial charge in [-0.2, -0.15) is 0 Å². The Morgan fingerprint density at radius 1 is 1.35 bits per heavy atom. The molecule has 102 valence electrons. The summed E-state index contributed by atoms with van der Waals surface area (Å²) in [4.78, 5) is 5.76. The van der Waals surface area contributed by atoms with Gasteiger partial charge in [-0.3, -0.25) is 4.40 Å². The number of nitrogens with two attached hydrogens (primary N) is 1. The lowest BCUT2D eigenvalue weighted by Gasteiger charge is -2.30. The molecule has 4 heteroatoms. The van der Waals surface area contributed by atoms with Gasteiger partial charge in [0.15, 0.2) is 4.96 Å². The van der Waals surface area contributed by atoms with Crippen molar-refractivity contribution < 1.29 is 0 Å². The maximum absolute atomic E-state index is 6.48. The second-order valence-electron chi connectivity index (χ2n) is 5.55. The average molecular weight is 283 g/mol. The summed E-state index contributed by atoms with van der Waals surface area (Å²) in [5.41, 5.74) is 10.4. The molecule has 0 fully saturated rings. The number of nitrogens with zero attached hydrogens (tertiary/aromatic N) is 2. The van der Waals surface area contributed by atoms with Crippen molar-refractivity contribution in [2.75, 3.05) is 0 Å². The number of benzene rings is 1. The number of aromatic nitrogens is 2. The number of imidazole rings is 1. The lowest BCUT2D eigenvalue weighted by atomic mass is 9.78. The highest BCUT2D eigenvalue weighted by Crippen LogP contribution is 2.34. The van der Waals surface area contributed by atoms with E-state index in [1.807, 2.05) is 0 Å². The molecule has 2 N–H and O–H groups in total. The Kier molecular flexibility index (Phi) is 2.86. The van der Waals surface area contributed by atoms with Gasteiger partial charge in [0, 0.05) is 23.8 Å². The molecule has 0 radical (unpaired) electrons. The van der Waals surface area contributed by atoms with Crippen LogP contribution in [0.15, 0.2) is 42.0 Å². The number of hydrogen-bond donors (Lipinski definition) is 1. The Morgan fingerprint density at radius 3 is 3.15 bits per heavy atom. The second-order valence-corrected chi connectivity index (χ2v) is 6.43. The molecule has 0 spiro atoms. The van der Waals surface area contributed by atoms with Gasteiger partial charge in [-0.15, -0.1) is 11.3 Å². The van der Waals surface area contributed by atoms with Crippen molar-refractivity contribution in [2.24, 2.45) is 11.7 Å². The highest BCUT2D eigenvalue weighted by atomic mass is 32.1. The first-order chi connectivity index (χ1) is 9.81. The molecular formula is C16H17N3S. The highest BCUT2D eigenvalue weighted by molar-refractivity contribution is 7.15. The SMILES string of the molecule is NC1c2ccccc2CCC1Cc1cn2ccsc2n1. The van der Waals surface area contributed by atoms with E-state index in [1.165, 1.54) is 11.1 Å². The van der Waals surface area contributed by atoms with E-state index in [0.717, 1.165) is 29.9 Å². The minimum Gasteiger partial charge on any atom is -0.324 e. The van der Waals surface area contributed by atoms with Crippen LogP contribution in [-0.2, 0) is 12.8 Å². The van der Waals surface area contributed by atoms with Crippen molar-refractivity contribution in [3.8, 4) is 0 Å². The van der Waals surface area contributed by atoms with E-state index >= 15 is 0 Å². The summed E-state index contributed by atoms with van der Waals surface area (Å²) in [6, 6.07) is 8.72. The molecule has 0 aliphatic heterocycles. The van der Waals surface area contributed by atoms with Gasteiger partial charge < -0.3 is 5.73 Å². The van der Waals surface area contributed by atoms with Crippen LogP contribution < -0.4 is 5.73 Å². The smallest absolute Gasteiger partial charge is 0.193 e. The van der Waals surface area contributed by atoms with E-state index in [4.69, 9.17) is 5.73 Å². The Labute approximate surface area is 122 Å². The number of aryl methyl sites for hydroxylation is 1. The highest BCUT2D eigenvalue weighted by Gasteiger charge is 2.27. The largest absolute Gasteiger partial charge is 0.324 e. The summed E-state index contributed by atoms with van der Waals surface area (Å²) in [5, 5.41) is 2.06. The van der Waals surface area contributed by atoms with E-state index in [2.05, 4.69) is 51.4 Å². The Bertz CT molecular complexity index is 714. The lowest BCUT2D eigenvalue weighted by Crippen LogP contribution is -2.28.